The number of nitrogens with zero attached hydrogens (tertiary/aromatic N) is 1. The number of anilines is 1. The van der Waals surface area contributed by atoms with Crippen molar-refractivity contribution in [3.63, 3.8) is 0 Å². The predicted molar refractivity (Wildman–Crippen MR) is 57.3 cm³/mol. The topological polar surface area (TPSA) is 83.8 Å². The summed E-state index contributed by atoms with van der Waals surface area (Å²) in [5, 5.41) is 9.35. The normalized spacial score (nSPS) is 18.3. The fraction of sp³-hybridized carbons (Fsp3) is 0.600. The average molecular weight is 208 g/mol. The van der Waals surface area contributed by atoms with Crippen LogP contribution in [0.2, 0.25) is 0 Å². The van der Waals surface area contributed by atoms with Gasteiger partial charge in [-0.3, -0.25) is 9.89 Å². The summed E-state index contributed by atoms with van der Waals surface area (Å²) in [5.41, 5.74) is 6.65. The monoisotopic (exact) mass is 208 g/mol. The van der Waals surface area contributed by atoms with Gasteiger partial charge in [-0.2, -0.15) is 5.10 Å². The van der Waals surface area contributed by atoms with Crippen molar-refractivity contribution in [1.82, 2.24) is 10.2 Å². The maximum atomic E-state index is 11.6. The molecule has 1 saturated carbocycles. The maximum Gasteiger partial charge on any atom is 0.227 e. The molecule has 0 saturated heterocycles. The SMILES string of the molecule is Cc1cn[nH]c1NC(=O)CC1(N)CCC1. The molecule has 82 valence electrons. The third kappa shape index (κ3) is 2.18. The van der Waals surface area contributed by atoms with E-state index < -0.39 is 0 Å². The fourth-order valence-corrected chi connectivity index (χ4v) is 1.78. The van der Waals surface area contributed by atoms with Crippen LogP contribution in [0.25, 0.3) is 0 Å². The summed E-state index contributed by atoms with van der Waals surface area (Å²) in [6.07, 6.45) is 5.10. The van der Waals surface area contributed by atoms with E-state index in [4.69, 9.17) is 5.73 Å². The third-order valence-electron chi connectivity index (χ3n) is 2.96. The van der Waals surface area contributed by atoms with Crippen molar-refractivity contribution in [2.45, 2.75) is 38.1 Å². The summed E-state index contributed by atoms with van der Waals surface area (Å²) < 4.78 is 0. The largest absolute Gasteiger partial charge is 0.325 e. The second kappa shape index (κ2) is 3.66. The van der Waals surface area contributed by atoms with Gasteiger partial charge < -0.3 is 11.1 Å². The smallest absolute Gasteiger partial charge is 0.227 e. The standard InChI is InChI=1S/C10H16N4O/c1-7-6-12-14-9(7)13-8(15)5-10(11)3-2-4-10/h6H,2-5,11H2,1H3,(H2,12,13,14,15). The van der Waals surface area contributed by atoms with Gasteiger partial charge in [0, 0.05) is 17.5 Å². The molecule has 1 fully saturated rings. The van der Waals surface area contributed by atoms with E-state index in [1.54, 1.807) is 6.20 Å². The molecule has 0 bridgehead atoms. The highest BCUT2D eigenvalue weighted by Crippen LogP contribution is 2.32. The van der Waals surface area contributed by atoms with Crippen LogP contribution in [-0.2, 0) is 4.79 Å². The van der Waals surface area contributed by atoms with E-state index in [1.165, 1.54) is 0 Å². The number of aromatic nitrogens is 2. The van der Waals surface area contributed by atoms with E-state index >= 15 is 0 Å². The van der Waals surface area contributed by atoms with Gasteiger partial charge in [0.2, 0.25) is 5.91 Å². The van der Waals surface area contributed by atoms with Gasteiger partial charge in [-0.1, -0.05) is 0 Å². The van der Waals surface area contributed by atoms with Crippen LogP contribution in [-0.4, -0.2) is 21.6 Å². The molecule has 0 unspecified atom stereocenters. The van der Waals surface area contributed by atoms with Gasteiger partial charge in [0.25, 0.3) is 0 Å². The zero-order valence-corrected chi connectivity index (χ0v) is 8.84. The first-order valence-corrected chi connectivity index (χ1v) is 5.18. The Kier molecular flexibility index (Phi) is 2.48. The Morgan fingerprint density at radius 1 is 1.73 bits per heavy atom. The van der Waals surface area contributed by atoms with Crippen LogP contribution < -0.4 is 11.1 Å². The lowest BCUT2D eigenvalue weighted by atomic mass is 9.75. The highest BCUT2D eigenvalue weighted by atomic mass is 16.1. The van der Waals surface area contributed by atoms with Crippen LogP contribution >= 0.6 is 0 Å². The molecule has 0 aromatic carbocycles. The van der Waals surface area contributed by atoms with E-state index in [9.17, 15) is 4.79 Å². The van der Waals surface area contributed by atoms with E-state index in [0.717, 1.165) is 24.8 Å². The lowest BCUT2D eigenvalue weighted by Crippen LogP contribution is -2.49. The Morgan fingerprint density at radius 3 is 2.93 bits per heavy atom. The van der Waals surface area contributed by atoms with Crippen molar-refractivity contribution >= 4 is 11.7 Å². The van der Waals surface area contributed by atoms with Gasteiger partial charge in [-0.25, -0.2) is 0 Å². The van der Waals surface area contributed by atoms with Crippen molar-refractivity contribution < 1.29 is 4.79 Å². The quantitative estimate of drug-likeness (QED) is 0.690. The molecule has 1 amide bonds. The molecule has 2 rings (SSSR count). The Hall–Kier alpha value is -1.36. The highest BCUT2D eigenvalue weighted by molar-refractivity contribution is 5.91. The number of nitrogens with one attached hydrogen (secondary N) is 2. The van der Waals surface area contributed by atoms with E-state index in [0.29, 0.717) is 12.2 Å². The Bertz CT molecular complexity index is 367. The number of carbonyl (C=O) groups is 1. The zero-order chi connectivity index (χ0) is 10.9. The van der Waals surface area contributed by atoms with Crippen LogP contribution in [0.4, 0.5) is 5.82 Å². The second-order valence-corrected chi connectivity index (χ2v) is 4.37. The Labute approximate surface area is 88.4 Å². The first-order valence-electron chi connectivity index (χ1n) is 5.18. The van der Waals surface area contributed by atoms with Gasteiger partial charge in [0.15, 0.2) is 0 Å². The molecule has 0 atom stereocenters. The lowest BCUT2D eigenvalue weighted by Gasteiger charge is -2.37. The molecular weight excluding hydrogens is 192 g/mol. The van der Waals surface area contributed by atoms with Crippen molar-refractivity contribution in [3.8, 4) is 0 Å². The van der Waals surface area contributed by atoms with Crippen LogP contribution in [0, 0.1) is 6.92 Å². The summed E-state index contributed by atoms with van der Waals surface area (Å²) >= 11 is 0. The molecular formula is C10H16N4O. The minimum Gasteiger partial charge on any atom is -0.325 e. The molecule has 0 radical (unpaired) electrons. The second-order valence-electron chi connectivity index (χ2n) is 4.37. The van der Waals surface area contributed by atoms with Crippen molar-refractivity contribution in [3.05, 3.63) is 11.8 Å². The number of H-pyrrole nitrogens is 1. The molecule has 5 nitrogen and oxygen atoms in total. The zero-order valence-electron chi connectivity index (χ0n) is 8.84. The van der Waals surface area contributed by atoms with Crippen LogP contribution in [0.1, 0.15) is 31.2 Å². The number of amides is 1. The summed E-state index contributed by atoms with van der Waals surface area (Å²) in [4.78, 5) is 11.6. The minimum absolute atomic E-state index is 0.0375. The van der Waals surface area contributed by atoms with Gasteiger partial charge >= 0.3 is 0 Å². The lowest BCUT2D eigenvalue weighted by molar-refractivity contribution is -0.118. The molecule has 1 aromatic rings. The molecule has 0 spiro atoms. The Morgan fingerprint density at radius 2 is 2.47 bits per heavy atom. The first-order chi connectivity index (χ1) is 7.09. The fourth-order valence-electron chi connectivity index (χ4n) is 1.78. The van der Waals surface area contributed by atoms with Crippen molar-refractivity contribution in [2.24, 2.45) is 5.73 Å². The summed E-state index contributed by atoms with van der Waals surface area (Å²) in [6, 6.07) is 0. The van der Waals surface area contributed by atoms with Gasteiger partial charge in [-0.05, 0) is 26.2 Å². The summed E-state index contributed by atoms with van der Waals surface area (Å²) in [7, 11) is 0. The summed E-state index contributed by atoms with van der Waals surface area (Å²) in [5.74, 6) is 0.632. The molecule has 15 heavy (non-hydrogen) atoms. The van der Waals surface area contributed by atoms with Gasteiger partial charge in [-0.15, -0.1) is 0 Å². The van der Waals surface area contributed by atoms with E-state index in [1.807, 2.05) is 6.92 Å². The molecule has 5 heteroatoms. The molecule has 4 N–H and O–H groups in total. The minimum atomic E-state index is -0.266. The third-order valence-corrected chi connectivity index (χ3v) is 2.96. The number of hydrogen-bond donors (Lipinski definition) is 3. The number of rotatable bonds is 3. The molecule has 1 heterocycles. The maximum absolute atomic E-state index is 11.6. The van der Waals surface area contributed by atoms with Gasteiger partial charge in [0.05, 0.1) is 6.20 Å². The average Bonchev–Trinajstić information content (AvgIpc) is 2.49. The highest BCUT2D eigenvalue weighted by Gasteiger charge is 2.34. The first kappa shape index (κ1) is 10.2. The van der Waals surface area contributed by atoms with Crippen LogP contribution in [0.3, 0.4) is 0 Å². The molecule has 1 aromatic heterocycles. The number of aromatic amines is 1. The molecule has 1 aliphatic rings. The van der Waals surface area contributed by atoms with Crippen LogP contribution in [0.15, 0.2) is 6.20 Å². The number of carbonyl (C=O) groups excluding carboxylic acids is 1. The van der Waals surface area contributed by atoms with Crippen molar-refractivity contribution in [1.29, 1.82) is 0 Å². The number of nitrogens with two attached hydrogens (primary N) is 1. The van der Waals surface area contributed by atoms with E-state index in [2.05, 4.69) is 15.5 Å². The van der Waals surface area contributed by atoms with E-state index in [-0.39, 0.29) is 11.4 Å². The van der Waals surface area contributed by atoms with Crippen molar-refractivity contribution in [2.75, 3.05) is 5.32 Å². The molecule has 1 aliphatic carbocycles. The van der Waals surface area contributed by atoms with Gasteiger partial charge in [0.1, 0.15) is 5.82 Å². The number of aryl methyl sites for hydroxylation is 1. The predicted octanol–water partition coefficient (Wildman–Crippen LogP) is 0.928. The number of hydrogen-bond acceptors (Lipinski definition) is 3. The summed E-state index contributed by atoms with van der Waals surface area (Å²) in [6.45, 7) is 1.89. The molecule has 0 aliphatic heterocycles. The Balaban J connectivity index is 1.90. The van der Waals surface area contributed by atoms with Crippen LogP contribution in [0.5, 0.6) is 0 Å².